The van der Waals surface area contributed by atoms with Gasteiger partial charge < -0.3 is 9.64 Å². The number of ether oxygens (including phenoxy) is 1. The van der Waals surface area contributed by atoms with Gasteiger partial charge in [-0.1, -0.05) is 13.8 Å². The molecule has 0 N–H and O–H groups in total. The summed E-state index contributed by atoms with van der Waals surface area (Å²) in [4.78, 5) is 28.5. The Labute approximate surface area is 134 Å². The second kappa shape index (κ2) is 7.95. The number of amides is 1. The Bertz CT molecular complexity index is 397. The highest BCUT2D eigenvalue weighted by Gasteiger charge is 2.37. The van der Waals surface area contributed by atoms with E-state index in [9.17, 15) is 9.59 Å². The molecule has 0 aromatic heterocycles. The number of carbonyl (C=O) groups is 2. The zero-order chi connectivity index (χ0) is 16.1. The highest BCUT2D eigenvalue weighted by molar-refractivity contribution is 5.77. The highest BCUT2D eigenvalue weighted by atomic mass is 16.5. The Morgan fingerprint density at radius 1 is 1.27 bits per heavy atom. The van der Waals surface area contributed by atoms with Crippen molar-refractivity contribution in [2.45, 2.75) is 64.5 Å². The Morgan fingerprint density at radius 3 is 2.73 bits per heavy atom. The topological polar surface area (TPSA) is 49.9 Å². The minimum atomic E-state index is -0.121. The summed E-state index contributed by atoms with van der Waals surface area (Å²) < 4.78 is 4.94. The van der Waals surface area contributed by atoms with E-state index in [0.29, 0.717) is 18.4 Å². The van der Waals surface area contributed by atoms with E-state index >= 15 is 0 Å². The van der Waals surface area contributed by atoms with Gasteiger partial charge in [0.25, 0.3) is 0 Å². The lowest BCUT2D eigenvalue weighted by molar-refractivity contribution is -0.146. The summed E-state index contributed by atoms with van der Waals surface area (Å²) in [7, 11) is 1.46. The average molecular weight is 310 g/mol. The van der Waals surface area contributed by atoms with Crippen LogP contribution in [-0.4, -0.2) is 60.5 Å². The van der Waals surface area contributed by atoms with Crippen molar-refractivity contribution >= 4 is 11.9 Å². The van der Waals surface area contributed by atoms with Crippen molar-refractivity contribution in [1.29, 1.82) is 0 Å². The number of hydrogen-bond acceptors (Lipinski definition) is 4. The van der Waals surface area contributed by atoms with Crippen molar-refractivity contribution in [3.8, 4) is 0 Å². The molecule has 5 nitrogen and oxygen atoms in total. The normalized spacial score (nSPS) is 27.3. The molecule has 0 bridgehead atoms. The summed E-state index contributed by atoms with van der Waals surface area (Å²) in [5, 5.41) is 0. The van der Waals surface area contributed by atoms with Crippen molar-refractivity contribution in [2.75, 3.05) is 26.7 Å². The lowest BCUT2D eigenvalue weighted by Gasteiger charge is -2.31. The first-order valence-corrected chi connectivity index (χ1v) is 8.64. The molecule has 0 aromatic carbocycles. The Kier molecular flexibility index (Phi) is 6.24. The molecule has 0 aliphatic carbocycles. The van der Waals surface area contributed by atoms with Crippen LogP contribution in [0, 0.1) is 5.92 Å². The number of methoxy groups -OCH3 is 1. The molecule has 126 valence electrons. The monoisotopic (exact) mass is 310 g/mol. The van der Waals surface area contributed by atoms with Crippen LogP contribution in [-0.2, 0) is 14.3 Å². The molecule has 5 heteroatoms. The fraction of sp³-hybridized carbons (Fsp3) is 0.882. The Morgan fingerprint density at radius 2 is 2.05 bits per heavy atom. The standard InChI is InChI=1S/C17H30N2O3/c1-13(2)8-11-18-12-9-14(6-7-16(18)20)19-10-4-5-15(19)17(21)22-3/h13-15H,4-12H2,1-3H3/t14?,15-/m0/s1. The van der Waals surface area contributed by atoms with Crippen molar-refractivity contribution < 1.29 is 14.3 Å². The van der Waals surface area contributed by atoms with E-state index < -0.39 is 0 Å². The predicted molar refractivity (Wildman–Crippen MR) is 85.4 cm³/mol. The van der Waals surface area contributed by atoms with Crippen molar-refractivity contribution in [3.05, 3.63) is 0 Å². The van der Waals surface area contributed by atoms with Crippen LogP contribution < -0.4 is 0 Å². The highest BCUT2D eigenvalue weighted by Crippen LogP contribution is 2.27. The van der Waals surface area contributed by atoms with Gasteiger partial charge in [0.2, 0.25) is 5.91 Å². The molecule has 2 aliphatic rings. The molecule has 1 amide bonds. The molecule has 1 unspecified atom stereocenters. The van der Waals surface area contributed by atoms with Gasteiger partial charge in [0.15, 0.2) is 0 Å². The second-order valence-corrected chi connectivity index (χ2v) is 6.96. The van der Waals surface area contributed by atoms with Crippen molar-refractivity contribution in [1.82, 2.24) is 9.80 Å². The van der Waals surface area contributed by atoms with E-state index in [2.05, 4.69) is 18.7 Å². The molecule has 2 aliphatic heterocycles. The first kappa shape index (κ1) is 17.3. The maximum absolute atomic E-state index is 12.3. The number of esters is 1. The molecular formula is C17H30N2O3. The SMILES string of the molecule is COC(=O)[C@@H]1CCCN1C1CCC(=O)N(CCC(C)C)CC1. The maximum atomic E-state index is 12.3. The van der Waals surface area contributed by atoms with Crippen molar-refractivity contribution in [2.24, 2.45) is 5.92 Å². The summed E-state index contributed by atoms with van der Waals surface area (Å²) in [6.07, 6.45) is 5.43. The van der Waals surface area contributed by atoms with Gasteiger partial charge in [0.1, 0.15) is 6.04 Å². The first-order valence-electron chi connectivity index (χ1n) is 8.64. The van der Waals surface area contributed by atoms with Gasteiger partial charge in [-0.05, 0) is 44.6 Å². The molecule has 0 radical (unpaired) electrons. The van der Waals surface area contributed by atoms with Crippen LogP contribution in [0.5, 0.6) is 0 Å². The fourth-order valence-electron chi connectivity index (χ4n) is 3.62. The number of rotatable bonds is 5. The van der Waals surface area contributed by atoms with Crippen LogP contribution in [0.25, 0.3) is 0 Å². The summed E-state index contributed by atoms with van der Waals surface area (Å²) in [5.41, 5.74) is 0. The van der Waals surface area contributed by atoms with E-state index in [-0.39, 0.29) is 17.9 Å². The first-order chi connectivity index (χ1) is 10.5. The molecule has 0 aromatic rings. The summed E-state index contributed by atoms with van der Waals surface area (Å²) >= 11 is 0. The summed E-state index contributed by atoms with van der Waals surface area (Å²) in [6, 6.07) is 0.229. The Hall–Kier alpha value is -1.10. The number of carbonyl (C=O) groups excluding carboxylic acids is 2. The maximum Gasteiger partial charge on any atom is 0.323 e. The number of nitrogens with zero attached hydrogens (tertiary/aromatic N) is 2. The van der Waals surface area contributed by atoms with Crippen LogP contribution in [0.2, 0.25) is 0 Å². The lowest BCUT2D eigenvalue weighted by Crippen LogP contribution is -2.44. The molecule has 2 saturated heterocycles. The quantitative estimate of drug-likeness (QED) is 0.729. The number of hydrogen-bond donors (Lipinski definition) is 0. The van der Waals surface area contributed by atoms with E-state index in [4.69, 9.17) is 4.74 Å². The molecule has 2 atom stereocenters. The van der Waals surface area contributed by atoms with Gasteiger partial charge in [-0.2, -0.15) is 0 Å². The second-order valence-electron chi connectivity index (χ2n) is 6.96. The zero-order valence-corrected chi connectivity index (χ0v) is 14.2. The molecule has 2 rings (SSSR count). The molecule has 2 fully saturated rings. The lowest BCUT2D eigenvalue weighted by atomic mass is 10.1. The molecule has 0 spiro atoms. The van der Waals surface area contributed by atoms with Crippen LogP contribution in [0.1, 0.15) is 52.4 Å². The minimum Gasteiger partial charge on any atom is -0.468 e. The third-order valence-electron chi connectivity index (χ3n) is 4.99. The van der Waals surface area contributed by atoms with Gasteiger partial charge >= 0.3 is 5.97 Å². The van der Waals surface area contributed by atoms with Gasteiger partial charge in [0.05, 0.1) is 7.11 Å². The predicted octanol–water partition coefficient (Wildman–Crippen LogP) is 2.05. The van der Waals surface area contributed by atoms with Crippen molar-refractivity contribution in [3.63, 3.8) is 0 Å². The van der Waals surface area contributed by atoms with Gasteiger partial charge in [0, 0.05) is 25.6 Å². The van der Waals surface area contributed by atoms with E-state index in [1.807, 2.05) is 4.90 Å². The van der Waals surface area contributed by atoms with Gasteiger partial charge in [-0.15, -0.1) is 0 Å². The van der Waals surface area contributed by atoms with Gasteiger partial charge in [-0.3, -0.25) is 14.5 Å². The zero-order valence-electron chi connectivity index (χ0n) is 14.2. The van der Waals surface area contributed by atoms with Crippen LogP contribution in [0.15, 0.2) is 0 Å². The summed E-state index contributed by atoms with van der Waals surface area (Å²) in [5.74, 6) is 0.774. The molecular weight excluding hydrogens is 280 g/mol. The van der Waals surface area contributed by atoms with Crippen LogP contribution >= 0.6 is 0 Å². The Balaban J connectivity index is 1.94. The average Bonchev–Trinajstić information content (AvgIpc) is 2.90. The van der Waals surface area contributed by atoms with Gasteiger partial charge in [-0.25, -0.2) is 0 Å². The third kappa shape index (κ3) is 4.22. The fourth-order valence-corrected chi connectivity index (χ4v) is 3.62. The molecule has 2 heterocycles. The van der Waals surface area contributed by atoms with Crippen LogP contribution in [0.3, 0.4) is 0 Å². The molecule has 0 saturated carbocycles. The summed E-state index contributed by atoms with van der Waals surface area (Å²) in [6.45, 7) is 7.02. The minimum absolute atomic E-state index is 0.104. The van der Waals surface area contributed by atoms with E-state index in [1.165, 1.54) is 7.11 Å². The van der Waals surface area contributed by atoms with E-state index in [0.717, 1.165) is 51.7 Å². The largest absolute Gasteiger partial charge is 0.468 e. The van der Waals surface area contributed by atoms with Crippen LogP contribution in [0.4, 0.5) is 0 Å². The third-order valence-corrected chi connectivity index (χ3v) is 4.99. The molecule has 22 heavy (non-hydrogen) atoms. The van der Waals surface area contributed by atoms with E-state index in [1.54, 1.807) is 0 Å². The smallest absolute Gasteiger partial charge is 0.323 e. The number of likely N-dealkylation sites (tertiary alicyclic amines) is 2.